The van der Waals surface area contributed by atoms with E-state index < -0.39 is 5.41 Å². The Morgan fingerprint density at radius 2 is 1.64 bits per heavy atom. The summed E-state index contributed by atoms with van der Waals surface area (Å²) < 4.78 is 17.2. The highest BCUT2D eigenvalue weighted by Gasteiger charge is 2.57. The van der Waals surface area contributed by atoms with Crippen LogP contribution in [0.25, 0.3) is 0 Å². The Bertz CT molecular complexity index is 1690. The first-order valence-electron chi connectivity index (χ1n) is 12.5. The van der Waals surface area contributed by atoms with E-state index in [2.05, 4.69) is 11.4 Å². The molecule has 8 nitrogen and oxygen atoms in total. The predicted octanol–water partition coefficient (Wildman–Crippen LogP) is 4.76. The molecule has 0 saturated carbocycles. The molecule has 0 fully saturated rings. The van der Waals surface area contributed by atoms with Crippen LogP contribution in [0.15, 0.2) is 84.9 Å². The number of amides is 2. The second-order valence-electron chi connectivity index (χ2n) is 9.64. The van der Waals surface area contributed by atoms with Gasteiger partial charge >= 0.3 is 0 Å². The molecule has 2 amide bonds. The minimum absolute atomic E-state index is 0.0658. The number of rotatable bonds is 4. The van der Waals surface area contributed by atoms with Crippen molar-refractivity contribution >= 4 is 23.2 Å². The Hall–Kier alpha value is -5.29. The van der Waals surface area contributed by atoms with Crippen molar-refractivity contribution in [2.45, 2.75) is 12.0 Å². The molecule has 4 aromatic carbocycles. The van der Waals surface area contributed by atoms with E-state index in [9.17, 15) is 9.59 Å². The number of nitrogens with zero attached hydrogens (tertiary/aromatic N) is 2. The third kappa shape index (κ3) is 3.51. The lowest BCUT2D eigenvalue weighted by Gasteiger charge is -2.23. The maximum absolute atomic E-state index is 14.2. The Kier molecular flexibility index (Phi) is 5.07. The molecule has 1 spiro atoms. The van der Waals surface area contributed by atoms with E-state index in [1.54, 1.807) is 47.4 Å². The van der Waals surface area contributed by atoms with Crippen LogP contribution in [0, 0.1) is 11.3 Å². The van der Waals surface area contributed by atoms with Crippen molar-refractivity contribution < 1.29 is 23.8 Å². The van der Waals surface area contributed by atoms with Crippen LogP contribution in [0.4, 0.5) is 11.4 Å². The zero-order valence-corrected chi connectivity index (χ0v) is 20.6. The lowest BCUT2D eigenvalue weighted by molar-refractivity contribution is -0.122. The van der Waals surface area contributed by atoms with Gasteiger partial charge in [-0.1, -0.05) is 30.3 Å². The van der Waals surface area contributed by atoms with Crippen molar-refractivity contribution in [3.8, 4) is 23.3 Å². The summed E-state index contributed by atoms with van der Waals surface area (Å²) >= 11 is 0. The van der Waals surface area contributed by atoms with Crippen LogP contribution in [0.1, 0.15) is 32.6 Å². The van der Waals surface area contributed by atoms with Gasteiger partial charge < -0.3 is 24.4 Å². The molecule has 0 saturated heterocycles. The summed E-state index contributed by atoms with van der Waals surface area (Å²) in [6, 6.07) is 27.4. The first-order chi connectivity index (χ1) is 19.1. The minimum Gasteiger partial charge on any atom is -0.491 e. The van der Waals surface area contributed by atoms with Crippen LogP contribution in [-0.2, 0) is 16.8 Å². The highest BCUT2D eigenvalue weighted by molar-refractivity contribution is 6.11. The molecule has 1 N–H and O–H groups in total. The fourth-order valence-corrected chi connectivity index (χ4v) is 5.50. The molecule has 8 heteroatoms. The van der Waals surface area contributed by atoms with E-state index >= 15 is 0 Å². The zero-order chi connectivity index (χ0) is 26.6. The molecule has 0 radical (unpaired) electrons. The van der Waals surface area contributed by atoms with E-state index in [4.69, 9.17) is 19.5 Å². The van der Waals surface area contributed by atoms with E-state index in [1.807, 2.05) is 42.5 Å². The summed E-state index contributed by atoms with van der Waals surface area (Å²) in [4.78, 5) is 28.7. The molecule has 3 heterocycles. The number of anilines is 2. The highest BCUT2D eigenvalue weighted by Crippen LogP contribution is 2.55. The third-order valence-corrected chi connectivity index (χ3v) is 7.47. The first-order valence-corrected chi connectivity index (χ1v) is 12.5. The van der Waals surface area contributed by atoms with Gasteiger partial charge in [0.25, 0.3) is 5.91 Å². The molecular weight excluding hydrogens is 494 g/mol. The van der Waals surface area contributed by atoms with Gasteiger partial charge in [0.1, 0.15) is 17.8 Å². The van der Waals surface area contributed by atoms with Gasteiger partial charge in [0.05, 0.1) is 18.2 Å². The van der Waals surface area contributed by atoms with Gasteiger partial charge in [-0.15, -0.1) is 0 Å². The van der Waals surface area contributed by atoms with Crippen LogP contribution >= 0.6 is 0 Å². The number of benzene rings is 4. The number of fused-ring (bicyclic) bond motifs is 5. The molecule has 1 unspecified atom stereocenters. The number of para-hydroxylation sites is 1. The normalized spacial score (nSPS) is 17.9. The molecule has 3 aliphatic heterocycles. The van der Waals surface area contributed by atoms with Gasteiger partial charge in [0, 0.05) is 28.6 Å². The van der Waals surface area contributed by atoms with Crippen molar-refractivity contribution in [3.63, 3.8) is 0 Å². The van der Waals surface area contributed by atoms with E-state index in [-0.39, 0.29) is 25.2 Å². The third-order valence-electron chi connectivity index (χ3n) is 7.47. The smallest absolute Gasteiger partial charge is 0.255 e. The lowest BCUT2D eigenvalue weighted by Crippen LogP contribution is -2.42. The summed E-state index contributed by atoms with van der Waals surface area (Å²) in [6.07, 6.45) is 0. The van der Waals surface area contributed by atoms with Crippen LogP contribution < -0.4 is 24.4 Å². The summed E-state index contributed by atoms with van der Waals surface area (Å²) in [5.41, 5.74) is 4.04. The molecule has 0 bridgehead atoms. The maximum Gasteiger partial charge on any atom is 0.255 e. The summed E-state index contributed by atoms with van der Waals surface area (Å²) in [5, 5.41) is 11.8. The van der Waals surface area contributed by atoms with E-state index in [0.717, 1.165) is 22.4 Å². The molecule has 1 atom stereocenters. The van der Waals surface area contributed by atoms with Crippen molar-refractivity contribution in [3.05, 3.63) is 113 Å². The second kappa shape index (κ2) is 8.64. The molecule has 0 aromatic heterocycles. The fraction of sp³-hybridized carbons (Fsp3) is 0.129. The number of nitrogens with one attached hydrogen (secondary N) is 1. The highest BCUT2D eigenvalue weighted by atomic mass is 16.7. The standard InChI is InChI=1S/C31H21N3O5/c32-15-19-7-11-22(12-8-19)33-29(35)21-9-5-20(6-10-21)16-34-25-4-2-1-3-23(25)31(30(34)36)17-37-26-14-28-27(13-24(26)31)38-18-39-28/h1-14H,16-18H2,(H,33,35). The number of hydrogen-bond donors (Lipinski definition) is 1. The second-order valence-corrected chi connectivity index (χ2v) is 9.64. The van der Waals surface area contributed by atoms with Crippen LogP contribution in [0.2, 0.25) is 0 Å². The largest absolute Gasteiger partial charge is 0.491 e. The van der Waals surface area contributed by atoms with Crippen molar-refractivity contribution in [1.82, 2.24) is 0 Å². The minimum atomic E-state index is -0.964. The fourth-order valence-electron chi connectivity index (χ4n) is 5.50. The average Bonchev–Trinajstić information content (AvgIpc) is 3.65. The molecule has 190 valence electrons. The quantitative estimate of drug-likeness (QED) is 0.421. The molecule has 39 heavy (non-hydrogen) atoms. The van der Waals surface area contributed by atoms with Gasteiger partial charge in [0.2, 0.25) is 12.7 Å². The van der Waals surface area contributed by atoms with Crippen LogP contribution in [0.3, 0.4) is 0 Å². The van der Waals surface area contributed by atoms with Crippen molar-refractivity contribution in [2.24, 2.45) is 0 Å². The molecular formula is C31H21N3O5. The van der Waals surface area contributed by atoms with Crippen molar-refractivity contribution in [1.29, 1.82) is 5.26 Å². The monoisotopic (exact) mass is 515 g/mol. The SMILES string of the molecule is N#Cc1ccc(NC(=O)c2ccc(CN3C(=O)C4(COc5cc6c(cc54)OCO6)c4ccccc43)cc2)cc1. The van der Waals surface area contributed by atoms with Gasteiger partial charge in [-0.3, -0.25) is 9.59 Å². The lowest BCUT2D eigenvalue weighted by atomic mass is 9.77. The Labute approximate surface area is 224 Å². The number of hydrogen-bond acceptors (Lipinski definition) is 6. The number of carbonyl (C=O) groups excluding carboxylic acids is 2. The van der Waals surface area contributed by atoms with Gasteiger partial charge in [0.15, 0.2) is 11.5 Å². The molecule has 4 aromatic rings. The number of carbonyl (C=O) groups is 2. The summed E-state index contributed by atoms with van der Waals surface area (Å²) in [7, 11) is 0. The Balaban J connectivity index is 1.15. The maximum atomic E-state index is 14.2. The first kappa shape index (κ1) is 22.9. The molecule has 0 aliphatic carbocycles. The van der Waals surface area contributed by atoms with Gasteiger partial charge in [-0.2, -0.15) is 5.26 Å². The zero-order valence-electron chi connectivity index (χ0n) is 20.6. The van der Waals surface area contributed by atoms with Crippen LogP contribution in [-0.4, -0.2) is 25.2 Å². The van der Waals surface area contributed by atoms with E-state index in [0.29, 0.717) is 40.6 Å². The molecule has 3 aliphatic rings. The number of ether oxygens (including phenoxy) is 3. The Morgan fingerprint density at radius 1 is 0.897 bits per heavy atom. The molecule has 7 rings (SSSR count). The van der Waals surface area contributed by atoms with Gasteiger partial charge in [-0.25, -0.2) is 0 Å². The topological polar surface area (TPSA) is 101 Å². The predicted molar refractivity (Wildman–Crippen MR) is 142 cm³/mol. The summed E-state index contributed by atoms with van der Waals surface area (Å²) in [6.45, 7) is 0.685. The van der Waals surface area contributed by atoms with E-state index in [1.165, 1.54) is 0 Å². The van der Waals surface area contributed by atoms with Crippen LogP contribution in [0.5, 0.6) is 17.2 Å². The number of nitriles is 1. The Morgan fingerprint density at radius 3 is 2.41 bits per heavy atom. The summed E-state index contributed by atoms with van der Waals surface area (Å²) in [5.74, 6) is 1.53. The van der Waals surface area contributed by atoms with Crippen molar-refractivity contribution in [2.75, 3.05) is 23.6 Å². The van der Waals surface area contributed by atoms with Gasteiger partial charge in [-0.05, 0) is 59.7 Å². The average molecular weight is 516 g/mol.